The van der Waals surface area contributed by atoms with E-state index in [1.807, 2.05) is 0 Å². The molecule has 0 aromatic carbocycles. The van der Waals surface area contributed by atoms with Crippen molar-refractivity contribution in [1.29, 1.82) is 0 Å². The third-order valence-corrected chi connectivity index (χ3v) is 2.81. The third-order valence-electron chi connectivity index (χ3n) is 2.81. The van der Waals surface area contributed by atoms with Gasteiger partial charge >= 0.3 is 0 Å². The van der Waals surface area contributed by atoms with Crippen LogP contribution in [0.5, 0.6) is 0 Å². The third kappa shape index (κ3) is 2.08. The molecule has 1 aliphatic rings. The van der Waals surface area contributed by atoms with Crippen LogP contribution in [0.2, 0.25) is 0 Å². The molecule has 2 heteroatoms. The van der Waals surface area contributed by atoms with Crippen molar-refractivity contribution in [2.75, 3.05) is 6.61 Å². The quantitative estimate of drug-likeness (QED) is 0.614. The van der Waals surface area contributed by atoms with Gasteiger partial charge in [-0.3, -0.25) is 0 Å². The monoisotopic (exact) mass is 170 g/mol. The summed E-state index contributed by atoms with van der Waals surface area (Å²) in [6.07, 6.45) is 2.68. The van der Waals surface area contributed by atoms with Gasteiger partial charge in [0.15, 0.2) is 0 Å². The summed E-state index contributed by atoms with van der Waals surface area (Å²) >= 11 is 0. The van der Waals surface area contributed by atoms with Crippen molar-refractivity contribution in [2.45, 2.75) is 32.3 Å². The van der Waals surface area contributed by atoms with Crippen LogP contribution in [-0.2, 0) is 0 Å². The minimum absolute atomic E-state index is 0.0100. The van der Waals surface area contributed by atoms with Crippen molar-refractivity contribution in [3.63, 3.8) is 0 Å². The van der Waals surface area contributed by atoms with E-state index in [2.05, 4.69) is 13.5 Å². The zero-order valence-electron chi connectivity index (χ0n) is 7.66. The van der Waals surface area contributed by atoms with Gasteiger partial charge < -0.3 is 10.2 Å². The molecule has 0 saturated heterocycles. The van der Waals surface area contributed by atoms with Gasteiger partial charge in [0.05, 0.1) is 12.7 Å². The van der Waals surface area contributed by atoms with Crippen molar-refractivity contribution >= 4 is 0 Å². The molecule has 3 atom stereocenters. The lowest BCUT2D eigenvalue weighted by Gasteiger charge is -2.32. The molecule has 0 radical (unpaired) electrons. The fraction of sp³-hybridized carbons (Fsp3) is 0.800. The molecular formula is C10H18O2. The fourth-order valence-corrected chi connectivity index (χ4v) is 1.94. The van der Waals surface area contributed by atoms with E-state index in [9.17, 15) is 5.11 Å². The molecule has 0 aromatic rings. The van der Waals surface area contributed by atoms with E-state index in [1.165, 1.54) is 0 Å². The molecule has 0 spiro atoms. The SMILES string of the molecule is C=C(CO)[C@H]1CC[C@H](C)C[C@H]1O. The molecule has 1 saturated carbocycles. The normalized spacial score (nSPS) is 36.4. The lowest BCUT2D eigenvalue weighted by Crippen LogP contribution is -2.30. The number of aliphatic hydroxyl groups is 2. The zero-order valence-corrected chi connectivity index (χ0v) is 7.66. The second-order valence-corrected chi connectivity index (χ2v) is 3.91. The van der Waals surface area contributed by atoms with Crippen molar-refractivity contribution in [2.24, 2.45) is 11.8 Å². The Bertz CT molecular complexity index is 165. The average Bonchev–Trinajstić information content (AvgIpc) is 2.03. The molecular weight excluding hydrogens is 152 g/mol. The molecule has 1 aliphatic carbocycles. The summed E-state index contributed by atoms with van der Waals surface area (Å²) in [6, 6.07) is 0. The van der Waals surface area contributed by atoms with Gasteiger partial charge in [-0.15, -0.1) is 0 Å². The van der Waals surface area contributed by atoms with Gasteiger partial charge in [-0.25, -0.2) is 0 Å². The summed E-state index contributed by atoms with van der Waals surface area (Å²) in [5.41, 5.74) is 0.786. The smallest absolute Gasteiger partial charge is 0.0642 e. The highest BCUT2D eigenvalue weighted by Gasteiger charge is 2.28. The highest BCUT2D eigenvalue weighted by molar-refractivity contribution is 5.05. The lowest BCUT2D eigenvalue weighted by atomic mass is 9.77. The second-order valence-electron chi connectivity index (χ2n) is 3.91. The zero-order chi connectivity index (χ0) is 9.14. The minimum Gasteiger partial charge on any atom is -0.392 e. The Labute approximate surface area is 73.9 Å². The molecule has 0 bridgehead atoms. The van der Waals surface area contributed by atoms with Crippen LogP contribution in [-0.4, -0.2) is 22.9 Å². The first-order chi connectivity index (χ1) is 5.65. The molecule has 0 aromatic heterocycles. The van der Waals surface area contributed by atoms with E-state index < -0.39 is 0 Å². The van der Waals surface area contributed by atoms with E-state index in [4.69, 9.17) is 5.11 Å². The van der Waals surface area contributed by atoms with Crippen LogP contribution in [0, 0.1) is 11.8 Å². The summed E-state index contributed by atoms with van der Waals surface area (Å²) in [5.74, 6) is 0.744. The maximum Gasteiger partial charge on any atom is 0.0642 e. The second kappa shape index (κ2) is 4.06. The first kappa shape index (κ1) is 9.75. The topological polar surface area (TPSA) is 40.5 Å². The predicted molar refractivity (Wildman–Crippen MR) is 48.7 cm³/mol. The summed E-state index contributed by atoms with van der Waals surface area (Å²) in [6.45, 7) is 5.93. The standard InChI is InChI=1S/C10H18O2/c1-7-3-4-9(8(2)6-11)10(12)5-7/h7,9-12H,2-6H2,1H3/t7-,9+,10+/m0/s1. The van der Waals surface area contributed by atoms with Gasteiger partial charge in [0.2, 0.25) is 0 Å². The molecule has 70 valence electrons. The van der Waals surface area contributed by atoms with Gasteiger partial charge in [-0.05, 0) is 30.8 Å². The Balaban J connectivity index is 2.50. The van der Waals surface area contributed by atoms with E-state index in [-0.39, 0.29) is 18.6 Å². The number of rotatable bonds is 2. The molecule has 1 rings (SSSR count). The highest BCUT2D eigenvalue weighted by Crippen LogP contribution is 2.32. The summed E-state index contributed by atoms with van der Waals surface area (Å²) in [5, 5.41) is 18.5. The summed E-state index contributed by atoms with van der Waals surface area (Å²) in [7, 11) is 0. The van der Waals surface area contributed by atoms with E-state index in [0.29, 0.717) is 5.92 Å². The Kier molecular flexibility index (Phi) is 3.29. The summed E-state index contributed by atoms with van der Waals surface area (Å²) in [4.78, 5) is 0. The maximum absolute atomic E-state index is 9.67. The number of hydrogen-bond acceptors (Lipinski definition) is 2. The van der Waals surface area contributed by atoms with Crippen molar-refractivity contribution < 1.29 is 10.2 Å². The van der Waals surface area contributed by atoms with Crippen LogP contribution in [0.15, 0.2) is 12.2 Å². The molecule has 0 aliphatic heterocycles. The largest absolute Gasteiger partial charge is 0.392 e. The van der Waals surface area contributed by atoms with Crippen LogP contribution < -0.4 is 0 Å². The molecule has 2 N–H and O–H groups in total. The van der Waals surface area contributed by atoms with Gasteiger partial charge in [-0.1, -0.05) is 13.5 Å². The van der Waals surface area contributed by atoms with Gasteiger partial charge in [0.25, 0.3) is 0 Å². The average molecular weight is 170 g/mol. The Morgan fingerprint density at radius 1 is 1.50 bits per heavy atom. The summed E-state index contributed by atoms with van der Waals surface area (Å²) < 4.78 is 0. The Hall–Kier alpha value is -0.340. The van der Waals surface area contributed by atoms with E-state index >= 15 is 0 Å². The fourth-order valence-electron chi connectivity index (χ4n) is 1.94. The molecule has 12 heavy (non-hydrogen) atoms. The van der Waals surface area contributed by atoms with Gasteiger partial charge in [0, 0.05) is 5.92 Å². The molecule has 0 heterocycles. The number of aliphatic hydroxyl groups excluding tert-OH is 2. The minimum atomic E-state index is -0.284. The van der Waals surface area contributed by atoms with Crippen molar-refractivity contribution in [1.82, 2.24) is 0 Å². The lowest BCUT2D eigenvalue weighted by molar-refractivity contribution is 0.0605. The van der Waals surface area contributed by atoms with Crippen molar-refractivity contribution in [3.05, 3.63) is 12.2 Å². The molecule has 1 fully saturated rings. The molecule has 0 unspecified atom stereocenters. The predicted octanol–water partition coefficient (Wildman–Crippen LogP) is 1.33. The van der Waals surface area contributed by atoms with Crippen LogP contribution >= 0.6 is 0 Å². The van der Waals surface area contributed by atoms with E-state index in [1.54, 1.807) is 0 Å². The molecule has 0 amide bonds. The van der Waals surface area contributed by atoms with Crippen LogP contribution in [0.4, 0.5) is 0 Å². The Morgan fingerprint density at radius 2 is 2.17 bits per heavy atom. The van der Waals surface area contributed by atoms with E-state index in [0.717, 1.165) is 24.8 Å². The highest BCUT2D eigenvalue weighted by atomic mass is 16.3. The maximum atomic E-state index is 9.67. The molecule has 2 nitrogen and oxygen atoms in total. The Morgan fingerprint density at radius 3 is 2.67 bits per heavy atom. The van der Waals surface area contributed by atoms with Crippen molar-refractivity contribution in [3.8, 4) is 0 Å². The first-order valence-electron chi connectivity index (χ1n) is 4.61. The number of hydrogen-bond donors (Lipinski definition) is 2. The van der Waals surface area contributed by atoms with Gasteiger partial charge in [-0.2, -0.15) is 0 Å². The van der Waals surface area contributed by atoms with Crippen LogP contribution in [0.3, 0.4) is 0 Å². The first-order valence-corrected chi connectivity index (χ1v) is 4.61. The van der Waals surface area contributed by atoms with Crippen LogP contribution in [0.1, 0.15) is 26.2 Å². The van der Waals surface area contributed by atoms with Gasteiger partial charge in [0.1, 0.15) is 0 Å². The van der Waals surface area contributed by atoms with Crippen LogP contribution in [0.25, 0.3) is 0 Å².